The molecular formula is H10BiNaO3. The third kappa shape index (κ3) is 26.3. The molecule has 0 heterocycles. The molecule has 0 aliphatic rings. The molecule has 34 valence electrons. The zero-order chi connectivity index (χ0) is 0. The SMILES string of the molecule is O.O.O.[BiH3].[H-].[Na+]. The second-order valence-corrected chi connectivity index (χ2v) is 0. The van der Waals surface area contributed by atoms with Crippen molar-refractivity contribution in [1.29, 1.82) is 0 Å². The predicted octanol–water partition coefficient (Wildman–Crippen LogP) is -6.54. The van der Waals surface area contributed by atoms with E-state index in [-0.39, 0.29) is 73.6 Å². The minimum atomic E-state index is 0. The number of rotatable bonds is 0. The fourth-order valence-electron chi connectivity index (χ4n) is 0. The smallest absolute Gasteiger partial charge is 1.00 e. The molecule has 0 spiro atoms. The summed E-state index contributed by atoms with van der Waals surface area (Å²) in [6.07, 6.45) is 0. The van der Waals surface area contributed by atoms with Crippen LogP contribution in [0.4, 0.5) is 0 Å². The van der Waals surface area contributed by atoms with E-state index in [1.807, 2.05) is 0 Å². The van der Waals surface area contributed by atoms with Gasteiger partial charge >= 0.3 is 55.8 Å². The largest absolute Gasteiger partial charge is 1.00 e. The van der Waals surface area contributed by atoms with Crippen LogP contribution in [0.2, 0.25) is 0 Å². The first-order valence-corrected chi connectivity index (χ1v) is 0. The fraction of sp³-hybridized carbons (Fsp3) is 0. The van der Waals surface area contributed by atoms with Crippen molar-refractivity contribution in [3.8, 4) is 0 Å². The van der Waals surface area contributed by atoms with Crippen molar-refractivity contribution in [2.45, 2.75) is 0 Å². The van der Waals surface area contributed by atoms with Crippen molar-refractivity contribution in [3.63, 3.8) is 0 Å². The molecule has 0 aromatic heterocycles. The van der Waals surface area contributed by atoms with Gasteiger partial charge in [0.2, 0.25) is 0 Å². The van der Waals surface area contributed by atoms with Gasteiger partial charge in [0, 0.05) is 0 Å². The fourth-order valence-corrected chi connectivity index (χ4v) is 0. The Bertz CT molecular complexity index is 10.8. The molecule has 0 aromatic rings. The average Bonchev–Trinajstić information content (AvgIpc) is 0. The van der Waals surface area contributed by atoms with Gasteiger partial charge in [-0.2, -0.15) is 0 Å². The maximum atomic E-state index is 0. The third-order valence-corrected chi connectivity index (χ3v) is 0. The van der Waals surface area contributed by atoms with E-state index in [1.165, 1.54) is 0 Å². The summed E-state index contributed by atoms with van der Waals surface area (Å²) in [5.41, 5.74) is 0. The van der Waals surface area contributed by atoms with Gasteiger partial charge in [0.05, 0.1) is 0 Å². The van der Waals surface area contributed by atoms with Gasteiger partial charge < -0.3 is 17.9 Å². The average molecular weight is 290 g/mol. The molecule has 3 nitrogen and oxygen atoms in total. The number of hydrogen-bond acceptors (Lipinski definition) is 0. The molecule has 0 radical (unpaired) electrons. The van der Waals surface area contributed by atoms with Crippen LogP contribution in [-0.4, -0.2) is 42.6 Å². The van der Waals surface area contributed by atoms with Crippen LogP contribution in [0.15, 0.2) is 0 Å². The molecule has 0 fully saturated rings. The van der Waals surface area contributed by atoms with Crippen LogP contribution in [0.3, 0.4) is 0 Å². The molecule has 5 heavy (non-hydrogen) atoms. The molecule has 0 unspecified atom stereocenters. The van der Waals surface area contributed by atoms with Crippen molar-refractivity contribution in [2.75, 3.05) is 0 Å². The van der Waals surface area contributed by atoms with E-state index in [1.54, 1.807) is 0 Å². The standard InChI is InChI=1S/Bi.Na.3H2O.4H/h;;3*1H2;;;;/q;+1;;;;;;;-1. The van der Waals surface area contributed by atoms with Crippen LogP contribution in [0, 0.1) is 0 Å². The quantitative estimate of drug-likeness (QED) is 0.397. The van der Waals surface area contributed by atoms with Crippen LogP contribution in [0.5, 0.6) is 0 Å². The normalized spacial score (nSPS) is 0. The van der Waals surface area contributed by atoms with Crippen molar-refractivity contribution in [2.24, 2.45) is 0 Å². The van der Waals surface area contributed by atoms with E-state index in [9.17, 15) is 0 Å². The summed E-state index contributed by atoms with van der Waals surface area (Å²) in [7, 11) is 0. The van der Waals surface area contributed by atoms with Gasteiger partial charge in [-0.25, -0.2) is 0 Å². The molecule has 0 saturated heterocycles. The summed E-state index contributed by atoms with van der Waals surface area (Å²) < 4.78 is 0. The van der Waals surface area contributed by atoms with Crippen molar-refractivity contribution in [3.05, 3.63) is 0 Å². The number of hydrogen-bond donors (Lipinski definition) is 0. The molecule has 0 rings (SSSR count). The molecular weight excluding hydrogens is 280 g/mol. The Hall–Kier alpha value is 1.76. The Labute approximate surface area is 73.0 Å². The van der Waals surface area contributed by atoms with Crippen LogP contribution < -0.4 is 29.6 Å². The summed E-state index contributed by atoms with van der Waals surface area (Å²) in [6.45, 7) is 0. The van der Waals surface area contributed by atoms with E-state index >= 15 is 0 Å². The molecule has 0 amide bonds. The first-order valence-electron chi connectivity index (χ1n) is 0. The summed E-state index contributed by atoms with van der Waals surface area (Å²) in [5, 5.41) is 0. The van der Waals surface area contributed by atoms with E-state index < -0.39 is 0 Å². The minimum absolute atomic E-state index is 0. The Morgan fingerprint density at radius 3 is 0.800 bits per heavy atom. The minimum Gasteiger partial charge on any atom is -1.00 e. The van der Waals surface area contributed by atoms with Crippen LogP contribution in [0.1, 0.15) is 1.43 Å². The van der Waals surface area contributed by atoms with E-state index in [4.69, 9.17) is 0 Å². The molecule has 0 aromatic carbocycles. The molecule has 6 N–H and O–H groups in total. The monoisotopic (exact) mass is 290 g/mol. The van der Waals surface area contributed by atoms with E-state index in [0.717, 1.165) is 0 Å². The zero-order valence-electron chi connectivity index (χ0n) is 4.21. The maximum Gasteiger partial charge on any atom is 1.00 e. The summed E-state index contributed by atoms with van der Waals surface area (Å²) >= 11 is 0. The first-order chi connectivity index (χ1) is 0. The van der Waals surface area contributed by atoms with Crippen molar-refractivity contribution >= 4 is 26.2 Å². The third-order valence-electron chi connectivity index (χ3n) is 0. The van der Waals surface area contributed by atoms with Gasteiger partial charge in [-0.3, -0.25) is 0 Å². The van der Waals surface area contributed by atoms with E-state index in [2.05, 4.69) is 0 Å². The molecule has 0 atom stereocenters. The molecule has 0 saturated carbocycles. The van der Waals surface area contributed by atoms with Gasteiger partial charge in [-0.1, -0.05) is 0 Å². The van der Waals surface area contributed by atoms with Crippen molar-refractivity contribution in [1.82, 2.24) is 0 Å². The van der Waals surface area contributed by atoms with Crippen LogP contribution in [0.25, 0.3) is 0 Å². The molecule has 5 heteroatoms. The topological polar surface area (TPSA) is 94.5 Å². The van der Waals surface area contributed by atoms with Gasteiger partial charge in [-0.05, 0) is 0 Å². The van der Waals surface area contributed by atoms with Gasteiger partial charge in [0.15, 0.2) is 0 Å². The summed E-state index contributed by atoms with van der Waals surface area (Å²) in [6, 6.07) is 0. The van der Waals surface area contributed by atoms with Gasteiger partial charge in [0.25, 0.3) is 0 Å². The summed E-state index contributed by atoms with van der Waals surface area (Å²) in [5.74, 6) is 0. The second kappa shape index (κ2) is 42.1. The zero-order valence-corrected chi connectivity index (χ0v) is 10.7. The Kier molecular flexibility index (Phi) is 608. The van der Waals surface area contributed by atoms with Crippen LogP contribution in [-0.2, 0) is 0 Å². The first kappa shape index (κ1) is 72.3. The maximum absolute atomic E-state index is 0. The van der Waals surface area contributed by atoms with Crippen LogP contribution >= 0.6 is 0 Å². The summed E-state index contributed by atoms with van der Waals surface area (Å²) in [4.78, 5) is 0. The molecule has 0 aliphatic heterocycles. The van der Waals surface area contributed by atoms with Gasteiger partial charge in [-0.15, -0.1) is 0 Å². The molecule has 0 bridgehead atoms. The molecule has 0 aliphatic carbocycles. The van der Waals surface area contributed by atoms with Crippen molar-refractivity contribution < 1.29 is 47.4 Å². The predicted molar refractivity (Wildman–Crippen MR) is 21.9 cm³/mol. The van der Waals surface area contributed by atoms with E-state index in [0.29, 0.717) is 0 Å². The Balaban J connectivity index is 0. The second-order valence-electron chi connectivity index (χ2n) is 0. The van der Waals surface area contributed by atoms with Gasteiger partial charge in [0.1, 0.15) is 0 Å². The Morgan fingerprint density at radius 1 is 0.800 bits per heavy atom. The Morgan fingerprint density at radius 2 is 0.800 bits per heavy atom.